The Kier molecular flexibility index (Phi) is 1.97. The van der Waals surface area contributed by atoms with E-state index in [-0.39, 0.29) is 23.3 Å². The van der Waals surface area contributed by atoms with Crippen molar-refractivity contribution in [2.45, 2.75) is 0 Å². The molecule has 0 aromatic heterocycles. The van der Waals surface area contributed by atoms with E-state index in [9.17, 15) is 8.42 Å². The molecular weight excluding hydrogens is 206 g/mol. The first kappa shape index (κ1) is 9.72. The molecule has 2 heterocycles. The summed E-state index contributed by atoms with van der Waals surface area (Å²) in [5, 5.41) is 14.7. The summed E-state index contributed by atoms with van der Waals surface area (Å²) in [5.74, 6) is 0.112. The van der Waals surface area contributed by atoms with Gasteiger partial charge in [-0.2, -0.15) is 0 Å². The van der Waals surface area contributed by atoms with Crippen LogP contribution in [0.15, 0.2) is 5.16 Å². The molecule has 2 atom stereocenters. The van der Waals surface area contributed by atoms with E-state index in [1.165, 1.54) is 0 Å². The molecule has 14 heavy (non-hydrogen) atoms. The van der Waals surface area contributed by atoms with Crippen LogP contribution in [-0.2, 0) is 9.84 Å². The van der Waals surface area contributed by atoms with Gasteiger partial charge in [0.15, 0.2) is 9.84 Å². The molecule has 0 bridgehead atoms. The zero-order chi connectivity index (χ0) is 10.4. The van der Waals surface area contributed by atoms with Crippen LogP contribution in [0, 0.1) is 11.3 Å². The minimum absolute atomic E-state index is 0.00639. The molecule has 2 saturated heterocycles. The molecule has 0 unspecified atom stereocenters. The molecule has 0 spiro atoms. The molecule has 0 saturated carbocycles. The largest absolute Gasteiger partial charge is 0.409 e. The van der Waals surface area contributed by atoms with Crippen molar-refractivity contribution in [3.8, 4) is 0 Å². The van der Waals surface area contributed by atoms with Crippen molar-refractivity contribution in [2.24, 2.45) is 22.2 Å². The van der Waals surface area contributed by atoms with E-state index in [4.69, 9.17) is 10.9 Å². The number of sulfone groups is 1. The van der Waals surface area contributed by atoms with Crippen LogP contribution in [-0.4, -0.2) is 44.1 Å². The monoisotopic (exact) mass is 219 g/mol. The van der Waals surface area contributed by atoms with E-state index in [0.717, 1.165) is 0 Å². The molecule has 7 heteroatoms. The van der Waals surface area contributed by atoms with E-state index >= 15 is 0 Å². The topological polar surface area (TPSA) is 105 Å². The fourth-order valence-electron chi connectivity index (χ4n) is 2.43. The Morgan fingerprint density at radius 2 is 2.36 bits per heavy atom. The van der Waals surface area contributed by atoms with Gasteiger partial charge in [0.2, 0.25) is 0 Å². The van der Waals surface area contributed by atoms with Crippen molar-refractivity contribution in [3.63, 3.8) is 0 Å². The van der Waals surface area contributed by atoms with Gasteiger partial charge < -0.3 is 16.3 Å². The number of hydrogen-bond acceptors (Lipinski definition) is 5. The van der Waals surface area contributed by atoms with E-state index < -0.39 is 15.3 Å². The first-order valence-corrected chi connectivity index (χ1v) is 6.21. The van der Waals surface area contributed by atoms with Crippen LogP contribution in [0.4, 0.5) is 0 Å². The Bertz CT molecular complexity index is 378. The van der Waals surface area contributed by atoms with Crippen LogP contribution in [0.3, 0.4) is 0 Å². The third kappa shape index (κ3) is 1.19. The standard InChI is InChI=1S/C7H13N3O3S/c8-6(10-11)7-3-9-1-5(7)2-14(12,13)4-7/h5,9,11H,1-4H2,(H2,8,10)/t5-,7+/m1/s1. The maximum absolute atomic E-state index is 11.4. The summed E-state index contributed by atoms with van der Waals surface area (Å²) >= 11 is 0. The normalized spacial score (nSPS) is 41.1. The fourth-order valence-corrected chi connectivity index (χ4v) is 4.87. The lowest BCUT2D eigenvalue weighted by Crippen LogP contribution is -2.44. The van der Waals surface area contributed by atoms with Gasteiger partial charge in [-0.3, -0.25) is 0 Å². The van der Waals surface area contributed by atoms with Crippen molar-refractivity contribution >= 4 is 15.7 Å². The average Bonchev–Trinajstić information content (AvgIpc) is 2.56. The highest BCUT2D eigenvalue weighted by molar-refractivity contribution is 7.91. The zero-order valence-electron chi connectivity index (χ0n) is 7.60. The summed E-state index contributed by atoms with van der Waals surface area (Å²) in [6.07, 6.45) is 0. The van der Waals surface area contributed by atoms with Crippen molar-refractivity contribution in [3.05, 3.63) is 0 Å². The Morgan fingerprint density at radius 3 is 3.00 bits per heavy atom. The van der Waals surface area contributed by atoms with Crippen LogP contribution in [0.2, 0.25) is 0 Å². The first-order valence-electron chi connectivity index (χ1n) is 4.39. The van der Waals surface area contributed by atoms with Crippen molar-refractivity contribution < 1.29 is 13.6 Å². The Labute approximate surface area is 82.1 Å². The smallest absolute Gasteiger partial charge is 0.151 e. The summed E-state index contributed by atoms with van der Waals surface area (Å²) in [4.78, 5) is 0. The second kappa shape index (κ2) is 2.83. The van der Waals surface area contributed by atoms with Gasteiger partial charge in [-0.15, -0.1) is 0 Å². The summed E-state index contributed by atoms with van der Waals surface area (Å²) in [6, 6.07) is 0. The number of nitrogens with two attached hydrogens (primary N) is 1. The minimum atomic E-state index is -3.03. The van der Waals surface area contributed by atoms with Gasteiger partial charge in [0.25, 0.3) is 0 Å². The molecule has 2 fully saturated rings. The SMILES string of the molecule is N/C(=N\O)[C@]12CNC[C@@H]1CS(=O)(=O)C2. The predicted molar refractivity (Wildman–Crippen MR) is 50.9 cm³/mol. The maximum Gasteiger partial charge on any atom is 0.151 e. The summed E-state index contributed by atoms with van der Waals surface area (Å²) in [6.45, 7) is 1.10. The molecule has 0 aromatic rings. The summed E-state index contributed by atoms with van der Waals surface area (Å²) in [5.41, 5.74) is 4.90. The van der Waals surface area contributed by atoms with Crippen molar-refractivity contribution in [1.29, 1.82) is 0 Å². The molecule has 6 nitrogen and oxygen atoms in total. The molecule has 0 aromatic carbocycles. The molecule has 0 radical (unpaired) electrons. The molecule has 80 valence electrons. The van der Waals surface area contributed by atoms with Crippen LogP contribution < -0.4 is 11.1 Å². The molecule has 0 amide bonds. The lowest BCUT2D eigenvalue weighted by atomic mass is 9.80. The molecule has 2 aliphatic heterocycles. The van der Waals surface area contributed by atoms with Crippen LogP contribution in [0.1, 0.15) is 0 Å². The zero-order valence-corrected chi connectivity index (χ0v) is 8.42. The van der Waals surface area contributed by atoms with Crippen LogP contribution >= 0.6 is 0 Å². The Balaban J connectivity index is 2.42. The number of nitrogens with one attached hydrogen (secondary N) is 1. The molecule has 2 rings (SSSR count). The summed E-state index contributed by atoms with van der Waals surface area (Å²) in [7, 11) is -3.03. The fraction of sp³-hybridized carbons (Fsp3) is 0.857. The Morgan fingerprint density at radius 1 is 1.64 bits per heavy atom. The predicted octanol–water partition coefficient (Wildman–Crippen LogP) is -1.63. The van der Waals surface area contributed by atoms with Gasteiger partial charge in [-0.05, 0) is 0 Å². The highest BCUT2D eigenvalue weighted by Crippen LogP contribution is 2.40. The molecule has 0 aliphatic carbocycles. The number of fused-ring (bicyclic) bond motifs is 1. The highest BCUT2D eigenvalue weighted by atomic mass is 32.2. The summed E-state index contributed by atoms with van der Waals surface area (Å²) < 4.78 is 22.9. The van der Waals surface area contributed by atoms with Crippen LogP contribution in [0.25, 0.3) is 0 Å². The van der Waals surface area contributed by atoms with Crippen molar-refractivity contribution in [1.82, 2.24) is 5.32 Å². The highest BCUT2D eigenvalue weighted by Gasteiger charge is 2.55. The van der Waals surface area contributed by atoms with Gasteiger partial charge in [0.1, 0.15) is 5.84 Å². The van der Waals surface area contributed by atoms with Gasteiger partial charge in [0.05, 0.1) is 16.9 Å². The van der Waals surface area contributed by atoms with Crippen molar-refractivity contribution in [2.75, 3.05) is 24.6 Å². The van der Waals surface area contributed by atoms with Gasteiger partial charge in [-0.25, -0.2) is 8.42 Å². The number of oxime groups is 1. The molecular formula is C7H13N3O3S. The Hall–Kier alpha value is -0.820. The van der Waals surface area contributed by atoms with E-state index in [0.29, 0.717) is 13.1 Å². The average molecular weight is 219 g/mol. The molecule has 4 N–H and O–H groups in total. The van der Waals surface area contributed by atoms with E-state index in [1.54, 1.807) is 0 Å². The van der Waals surface area contributed by atoms with E-state index in [1.807, 2.05) is 0 Å². The quantitative estimate of drug-likeness (QED) is 0.212. The third-order valence-electron chi connectivity index (χ3n) is 3.16. The maximum atomic E-state index is 11.4. The third-order valence-corrected chi connectivity index (χ3v) is 5.03. The van der Waals surface area contributed by atoms with Gasteiger partial charge in [-0.1, -0.05) is 5.16 Å². The number of rotatable bonds is 1. The lowest BCUT2D eigenvalue weighted by molar-refractivity contribution is 0.302. The minimum Gasteiger partial charge on any atom is -0.409 e. The lowest BCUT2D eigenvalue weighted by Gasteiger charge is -2.24. The van der Waals surface area contributed by atoms with Gasteiger partial charge in [0, 0.05) is 19.0 Å². The number of hydrogen-bond donors (Lipinski definition) is 3. The number of nitrogens with zero attached hydrogens (tertiary/aromatic N) is 1. The van der Waals surface area contributed by atoms with E-state index in [2.05, 4.69) is 10.5 Å². The number of amidine groups is 1. The van der Waals surface area contributed by atoms with Crippen LogP contribution in [0.5, 0.6) is 0 Å². The second-order valence-electron chi connectivity index (χ2n) is 4.02. The molecule has 2 aliphatic rings. The second-order valence-corrected chi connectivity index (χ2v) is 6.13. The first-order chi connectivity index (χ1) is 6.50. The van der Waals surface area contributed by atoms with Gasteiger partial charge >= 0.3 is 0 Å².